The number of fused-ring (bicyclic) bond motifs is 1. The largest absolute Gasteiger partial charge is 0.490 e. The van der Waals surface area contributed by atoms with Gasteiger partial charge in [0.2, 0.25) is 0 Å². The number of nitrogens with zero attached hydrogens (tertiary/aromatic N) is 4. The van der Waals surface area contributed by atoms with E-state index in [0.29, 0.717) is 5.57 Å². The second-order valence-electron chi connectivity index (χ2n) is 7.83. The highest BCUT2D eigenvalue weighted by Gasteiger charge is 2.56. The number of phosphoric acid groups is 3. The summed E-state index contributed by atoms with van der Waals surface area (Å²) in [5, 5.41) is 21.7. The monoisotopic (exact) mass is 575 g/mol. The summed E-state index contributed by atoms with van der Waals surface area (Å²) in [5.41, 5.74) is 5.07. The quantitative estimate of drug-likeness (QED) is 0.136. The van der Waals surface area contributed by atoms with Crippen LogP contribution in [0.4, 0.5) is 5.82 Å². The molecule has 36 heavy (non-hydrogen) atoms. The van der Waals surface area contributed by atoms with Crippen molar-refractivity contribution in [2.45, 2.75) is 43.8 Å². The van der Waals surface area contributed by atoms with Gasteiger partial charge in [-0.2, -0.15) is 8.62 Å². The van der Waals surface area contributed by atoms with E-state index >= 15 is 0 Å². The molecule has 3 rings (SSSR count). The lowest BCUT2D eigenvalue weighted by Crippen LogP contribution is -2.45. The van der Waals surface area contributed by atoms with E-state index in [1.165, 1.54) is 10.9 Å². The summed E-state index contributed by atoms with van der Waals surface area (Å²) in [4.78, 5) is 48.2. The number of rotatable bonds is 11. The molecule has 0 aliphatic carbocycles. The average Bonchev–Trinajstić information content (AvgIpc) is 3.25. The van der Waals surface area contributed by atoms with Crippen LogP contribution in [0.2, 0.25) is 0 Å². The van der Waals surface area contributed by atoms with Crippen LogP contribution in [-0.4, -0.2) is 74.2 Å². The molecule has 2 unspecified atom stereocenters. The van der Waals surface area contributed by atoms with Crippen molar-refractivity contribution < 1.29 is 61.4 Å². The lowest BCUT2D eigenvalue weighted by atomic mass is 9.95. The third-order valence-electron chi connectivity index (χ3n) is 5.02. The Morgan fingerprint density at radius 1 is 1.17 bits per heavy atom. The van der Waals surface area contributed by atoms with E-state index in [9.17, 15) is 33.7 Å². The van der Waals surface area contributed by atoms with Crippen LogP contribution in [-0.2, 0) is 37.3 Å². The van der Waals surface area contributed by atoms with Crippen LogP contribution in [0, 0.1) is 0 Å². The molecule has 8 N–H and O–H groups in total. The molecule has 202 valence electrons. The van der Waals surface area contributed by atoms with Crippen molar-refractivity contribution in [3.05, 3.63) is 24.8 Å². The molecule has 0 bridgehead atoms. The van der Waals surface area contributed by atoms with Gasteiger partial charge >= 0.3 is 23.5 Å². The van der Waals surface area contributed by atoms with Crippen LogP contribution in [0.5, 0.6) is 0 Å². The van der Waals surface area contributed by atoms with Crippen molar-refractivity contribution in [1.29, 1.82) is 0 Å². The van der Waals surface area contributed by atoms with Gasteiger partial charge in [-0.3, -0.25) is 9.09 Å². The van der Waals surface area contributed by atoms with Crippen molar-refractivity contribution in [2.75, 3.05) is 12.3 Å². The SMILES string of the molecule is C=C(C)CC[C@@]1(n2cnc3c(N)ncnc32)O[C@H](COP(=O)(O)OP(=O)(O)OP(=O)(O)O)[C@@H](O)[C@H]1O. The summed E-state index contributed by atoms with van der Waals surface area (Å²) in [6.07, 6.45) is -2.25. The van der Waals surface area contributed by atoms with E-state index < -0.39 is 54.1 Å². The number of anilines is 1. The second-order valence-corrected chi connectivity index (χ2v) is 12.2. The number of nitrogen functional groups attached to an aromatic ring is 1. The molecule has 3 heterocycles. The molecule has 2 aromatic rings. The Morgan fingerprint density at radius 3 is 2.44 bits per heavy atom. The molecule has 0 radical (unpaired) electrons. The number of hydrogen-bond acceptors (Lipinski definition) is 13. The molecular weight excluding hydrogens is 551 g/mol. The molecule has 2 aromatic heterocycles. The van der Waals surface area contributed by atoms with Gasteiger partial charge in [0.25, 0.3) is 0 Å². The lowest BCUT2D eigenvalue weighted by Gasteiger charge is -2.34. The second kappa shape index (κ2) is 10.3. The fraction of sp³-hybridized carbons (Fsp3) is 0.533. The van der Waals surface area contributed by atoms with Crippen molar-refractivity contribution in [2.24, 2.45) is 0 Å². The number of phosphoric ester groups is 1. The average molecular weight is 575 g/mol. The Balaban J connectivity index is 1.87. The topological polar surface area (TPSA) is 279 Å². The molecule has 0 amide bonds. The molecule has 1 saturated heterocycles. The van der Waals surface area contributed by atoms with Gasteiger partial charge in [0.1, 0.15) is 30.2 Å². The minimum atomic E-state index is -5.75. The third-order valence-corrected chi connectivity index (χ3v) is 8.82. The van der Waals surface area contributed by atoms with Crippen LogP contribution in [0.1, 0.15) is 19.8 Å². The zero-order valence-corrected chi connectivity index (χ0v) is 21.1. The van der Waals surface area contributed by atoms with E-state index in [1.54, 1.807) is 6.92 Å². The van der Waals surface area contributed by atoms with Crippen LogP contribution < -0.4 is 5.73 Å². The molecule has 18 nitrogen and oxygen atoms in total. The van der Waals surface area contributed by atoms with Gasteiger partial charge in [0.15, 0.2) is 17.2 Å². The summed E-state index contributed by atoms with van der Waals surface area (Å²) in [6, 6.07) is 0. The Kier molecular flexibility index (Phi) is 8.26. The van der Waals surface area contributed by atoms with Crippen LogP contribution in [0.3, 0.4) is 0 Å². The maximum atomic E-state index is 12.1. The first-order valence-electron chi connectivity index (χ1n) is 9.87. The van der Waals surface area contributed by atoms with Gasteiger partial charge in [-0.15, -0.1) is 6.58 Å². The predicted molar refractivity (Wildman–Crippen MR) is 118 cm³/mol. The molecule has 0 saturated carbocycles. The highest BCUT2D eigenvalue weighted by Crippen LogP contribution is 2.66. The summed E-state index contributed by atoms with van der Waals surface area (Å²) in [7, 11) is -16.8. The van der Waals surface area contributed by atoms with Gasteiger partial charge in [-0.1, -0.05) is 5.57 Å². The standard InChI is InChI=1S/C15H24N5O13P3/c1-8(2)3-4-15(20-7-19-10-13(16)17-6-18-14(10)20)12(22)11(21)9(31-15)5-30-35(26,27)33-36(28,29)32-34(23,24)25/h6-7,9,11-12,21-22H,1,3-5H2,2H3,(H,26,27)(H,28,29)(H2,16,17,18)(H2,23,24,25)/t9-,11-,12-,15-/m1/s1. The number of nitrogens with two attached hydrogens (primary N) is 1. The molecule has 0 spiro atoms. The zero-order valence-electron chi connectivity index (χ0n) is 18.5. The summed E-state index contributed by atoms with van der Waals surface area (Å²) in [5.74, 6) is 0.0334. The Labute approximate surface area is 202 Å². The van der Waals surface area contributed by atoms with Crippen LogP contribution in [0.15, 0.2) is 24.8 Å². The molecule has 6 atom stereocenters. The smallest absolute Gasteiger partial charge is 0.387 e. The minimum absolute atomic E-state index is 0.0156. The van der Waals surface area contributed by atoms with Gasteiger partial charge in [-0.25, -0.2) is 28.6 Å². The molecular formula is C15H24N5O13P3. The number of hydrogen-bond donors (Lipinski definition) is 7. The summed E-state index contributed by atoms with van der Waals surface area (Å²) < 4.78 is 53.4. The zero-order chi connectivity index (χ0) is 27.1. The van der Waals surface area contributed by atoms with Gasteiger partial charge in [0, 0.05) is 6.42 Å². The van der Waals surface area contributed by atoms with E-state index in [-0.39, 0.29) is 29.8 Å². The number of ether oxygens (including phenoxy) is 1. The first-order chi connectivity index (χ1) is 16.5. The predicted octanol–water partition coefficient (Wildman–Crippen LogP) is -0.119. The normalized spacial score (nSPS) is 28.1. The van der Waals surface area contributed by atoms with Crippen molar-refractivity contribution in [1.82, 2.24) is 19.5 Å². The fourth-order valence-electron chi connectivity index (χ4n) is 3.52. The van der Waals surface area contributed by atoms with Gasteiger partial charge in [0.05, 0.1) is 12.9 Å². The van der Waals surface area contributed by atoms with E-state index in [0.717, 1.165) is 6.33 Å². The summed E-state index contributed by atoms with van der Waals surface area (Å²) in [6.45, 7) is 4.52. The molecule has 1 fully saturated rings. The molecule has 0 aromatic carbocycles. The highest BCUT2D eigenvalue weighted by atomic mass is 31.3. The number of allylic oxidation sites excluding steroid dienone is 1. The fourth-order valence-corrected chi connectivity index (χ4v) is 6.55. The van der Waals surface area contributed by atoms with E-state index in [4.69, 9.17) is 20.3 Å². The number of aliphatic hydroxyl groups excluding tert-OH is 2. The van der Waals surface area contributed by atoms with Gasteiger partial charge < -0.3 is 40.3 Å². The molecule has 1 aliphatic rings. The first kappa shape index (κ1) is 28.9. The first-order valence-corrected chi connectivity index (χ1v) is 14.4. The maximum absolute atomic E-state index is 12.1. The molecule has 21 heteroatoms. The van der Waals surface area contributed by atoms with Crippen molar-refractivity contribution in [3.8, 4) is 0 Å². The van der Waals surface area contributed by atoms with E-state index in [1.807, 2.05) is 0 Å². The Morgan fingerprint density at radius 2 is 1.83 bits per heavy atom. The number of imidazole rings is 1. The number of aliphatic hydroxyl groups is 2. The van der Waals surface area contributed by atoms with E-state index in [2.05, 4.69) is 34.7 Å². The summed E-state index contributed by atoms with van der Waals surface area (Å²) >= 11 is 0. The Bertz CT molecular complexity index is 1280. The highest BCUT2D eigenvalue weighted by molar-refractivity contribution is 7.66. The molecule has 1 aliphatic heterocycles. The van der Waals surface area contributed by atoms with Crippen LogP contribution >= 0.6 is 23.5 Å². The Hall–Kier alpha value is -1.62. The van der Waals surface area contributed by atoms with Gasteiger partial charge in [-0.05, 0) is 13.3 Å². The maximum Gasteiger partial charge on any atom is 0.490 e. The minimum Gasteiger partial charge on any atom is -0.387 e. The number of aromatic nitrogens is 4. The lowest BCUT2D eigenvalue weighted by molar-refractivity contribution is -0.149. The van der Waals surface area contributed by atoms with Crippen molar-refractivity contribution >= 4 is 40.4 Å². The van der Waals surface area contributed by atoms with Crippen molar-refractivity contribution in [3.63, 3.8) is 0 Å². The van der Waals surface area contributed by atoms with Crippen LogP contribution in [0.25, 0.3) is 11.2 Å². The third kappa shape index (κ3) is 6.44.